The highest BCUT2D eigenvalue weighted by Gasteiger charge is 2.31. The van der Waals surface area contributed by atoms with Gasteiger partial charge in [-0.3, -0.25) is 14.4 Å². The molecule has 1 rings (SSSR count). The molecule has 0 bridgehead atoms. The number of aliphatic carboxylic acids is 1. The first-order chi connectivity index (χ1) is 12.2. The smallest absolute Gasteiger partial charge is 0.304 e. The highest BCUT2D eigenvalue weighted by molar-refractivity contribution is 7.81. The van der Waals surface area contributed by atoms with Gasteiger partial charge in [0.1, 0.15) is 6.04 Å². The zero-order valence-corrected chi connectivity index (χ0v) is 16.3. The van der Waals surface area contributed by atoms with E-state index in [1.165, 1.54) is 7.05 Å². The summed E-state index contributed by atoms with van der Waals surface area (Å²) >= 11 is 4.33. The number of thiol groups is 1. The number of nitrogens with one attached hydrogen (secondary N) is 2. The summed E-state index contributed by atoms with van der Waals surface area (Å²) in [6.45, 7) is 3.92. The Bertz CT molecular complexity index is 607. The minimum absolute atomic E-state index is 0.196. The normalized spacial score (nSPS) is 14.3. The van der Waals surface area contributed by atoms with Crippen LogP contribution in [0, 0.1) is 11.8 Å². The van der Waals surface area contributed by atoms with Gasteiger partial charge in [0.2, 0.25) is 11.8 Å². The Labute approximate surface area is 160 Å². The first-order valence-corrected chi connectivity index (χ1v) is 9.22. The van der Waals surface area contributed by atoms with Crippen molar-refractivity contribution in [3.63, 3.8) is 0 Å². The van der Waals surface area contributed by atoms with Gasteiger partial charge in [-0.1, -0.05) is 44.2 Å². The van der Waals surface area contributed by atoms with Crippen molar-refractivity contribution in [2.45, 2.75) is 44.4 Å². The SMILES string of the molecule is CNC(=O)[C@H](Cc1ccccc1)NC(=O)C(CC(C)C)C(S)CC(=O)O. The maximum atomic E-state index is 12.8. The van der Waals surface area contributed by atoms with Gasteiger partial charge < -0.3 is 15.7 Å². The van der Waals surface area contributed by atoms with Crippen LogP contribution in [0.5, 0.6) is 0 Å². The Morgan fingerprint density at radius 3 is 2.23 bits per heavy atom. The molecule has 1 aromatic rings. The van der Waals surface area contributed by atoms with Crippen LogP contribution >= 0.6 is 12.6 Å². The topological polar surface area (TPSA) is 95.5 Å². The molecule has 0 aliphatic rings. The predicted octanol–water partition coefficient (Wildman–Crippen LogP) is 1.90. The van der Waals surface area contributed by atoms with E-state index < -0.39 is 23.2 Å². The highest BCUT2D eigenvalue weighted by Crippen LogP contribution is 2.23. The predicted molar refractivity (Wildman–Crippen MR) is 104 cm³/mol. The number of likely N-dealkylation sites (N-methyl/N-ethyl adjacent to an activating group) is 1. The van der Waals surface area contributed by atoms with Gasteiger partial charge in [-0.05, 0) is 17.9 Å². The Hall–Kier alpha value is -2.02. The molecule has 3 atom stereocenters. The van der Waals surface area contributed by atoms with Gasteiger partial charge in [-0.25, -0.2) is 0 Å². The number of carboxylic acids is 1. The van der Waals surface area contributed by atoms with E-state index in [2.05, 4.69) is 23.3 Å². The summed E-state index contributed by atoms with van der Waals surface area (Å²) in [5.74, 6) is -2.03. The molecule has 0 aromatic heterocycles. The lowest BCUT2D eigenvalue weighted by Crippen LogP contribution is -2.50. The number of hydrogen-bond acceptors (Lipinski definition) is 4. The summed E-state index contributed by atoms with van der Waals surface area (Å²) in [7, 11) is 1.52. The Morgan fingerprint density at radius 1 is 1.12 bits per heavy atom. The Balaban J connectivity index is 2.92. The third kappa shape index (κ3) is 7.47. The van der Waals surface area contributed by atoms with Crippen molar-refractivity contribution < 1.29 is 19.5 Å². The molecular formula is C19H28N2O4S. The molecule has 0 saturated carbocycles. The number of benzene rings is 1. The van der Waals surface area contributed by atoms with E-state index in [1.54, 1.807) is 0 Å². The second-order valence-electron chi connectivity index (χ2n) is 6.77. The van der Waals surface area contributed by atoms with Crippen LogP contribution in [0.2, 0.25) is 0 Å². The van der Waals surface area contributed by atoms with E-state index in [0.717, 1.165) is 5.56 Å². The molecule has 2 amide bonds. The molecule has 0 radical (unpaired) electrons. The largest absolute Gasteiger partial charge is 0.481 e. The molecule has 7 heteroatoms. The third-order valence-corrected chi connectivity index (χ3v) is 4.61. The summed E-state index contributed by atoms with van der Waals surface area (Å²) in [4.78, 5) is 36.0. The molecule has 0 saturated heterocycles. The maximum Gasteiger partial charge on any atom is 0.304 e. The Kier molecular flexibility index (Phi) is 9.19. The summed E-state index contributed by atoms with van der Waals surface area (Å²) in [6.07, 6.45) is 0.646. The first-order valence-electron chi connectivity index (χ1n) is 8.70. The zero-order valence-electron chi connectivity index (χ0n) is 15.4. The first kappa shape index (κ1) is 22.0. The standard InChI is InChI=1S/C19H28N2O4S/c1-12(2)9-14(16(26)11-17(22)23)18(24)21-15(19(25)20-3)10-13-7-5-4-6-8-13/h4-8,12,14-16,26H,9-11H2,1-3H3,(H,20,25)(H,21,24)(H,22,23)/t14?,15-,16?/m0/s1. The van der Waals surface area contributed by atoms with E-state index in [4.69, 9.17) is 5.11 Å². The summed E-state index contributed by atoms with van der Waals surface area (Å²) in [5.41, 5.74) is 0.926. The molecule has 0 heterocycles. The molecule has 0 aliphatic heterocycles. The summed E-state index contributed by atoms with van der Waals surface area (Å²) in [5, 5.41) is 13.7. The highest BCUT2D eigenvalue weighted by atomic mass is 32.1. The van der Waals surface area contributed by atoms with Crippen LogP contribution in [0.15, 0.2) is 30.3 Å². The Morgan fingerprint density at radius 2 is 1.73 bits per heavy atom. The molecule has 0 spiro atoms. The minimum atomic E-state index is -1.00. The van der Waals surface area contributed by atoms with Crippen molar-refractivity contribution in [2.24, 2.45) is 11.8 Å². The van der Waals surface area contributed by atoms with E-state index >= 15 is 0 Å². The van der Waals surface area contributed by atoms with Crippen LogP contribution in [0.3, 0.4) is 0 Å². The van der Waals surface area contributed by atoms with Crippen LogP contribution < -0.4 is 10.6 Å². The molecule has 6 nitrogen and oxygen atoms in total. The van der Waals surface area contributed by atoms with Gasteiger partial charge >= 0.3 is 5.97 Å². The van der Waals surface area contributed by atoms with Gasteiger partial charge in [0.25, 0.3) is 0 Å². The monoisotopic (exact) mass is 380 g/mol. The van der Waals surface area contributed by atoms with E-state index in [0.29, 0.717) is 12.8 Å². The van der Waals surface area contributed by atoms with Gasteiger partial charge in [0, 0.05) is 18.7 Å². The number of hydrogen-bond donors (Lipinski definition) is 4. The number of carbonyl (C=O) groups excluding carboxylic acids is 2. The lowest BCUT2D eigenvalue weighted by atomic mass is 9.91. The van der Waals surface area contributed by atoms with Crippen molar-refractivity contribution >= 4 is 30.4 Å². The molecule has 2 unspecified atom stereocenters. The lowest BCUT2D eigenvalue weighted by molar-refractivity contribution is -0.137. The van der Waals surface area contributed by atoms with Crippen molar-refractivity contribution in [1.82, 2.24) is 10.6 Å². The molecule has 0 aliphatic carbocycles. The second-order valence-corrected chi connectivity index (χ2v) is 7.43. The third-order valence-electron chi connectivity index (χ3n) is 4.07. The van der Waals surface area contributed by atoms with Gasteiger partial charge in [-0.2, -0.15) is 12.6 Å². The van der Waals surface area contributed by atoms with Crippen LogP contribution in [-0.4, -0.2) is 41.2 Å². The van der Waals surface area contributed by atoms with Crippen molar-refractivity contribution in [1.29, 1.82) is 0 Å². The average Bonchev–Trinajstić information content (AvgIpc) is 2.58. The minimum Gasteiger partial charge on any atom is -0.481 e. The molecular weight excluding hydrogens is 352 g/mol. The fourth-order valence-electron chi connectivity index (χ4n) is 2.78. The van der Waals surface area contributed by atoms with E-state index in [-0.39, 0.29) is 24.2 Å². The van der Waals surface area contributed by atoms with Crippen molar-refractivity contribution in [2.75, 3.05) is 7.05 Å². The summed E-state index contributed by atoms with van der Waals surface area (Å²) in [6, 6.07) is 8.67. The second kappa shape index (κ2) is 10.9. The molecule has 3 N–H and O–H groups in total. The zero-order chi connectivity index (χ0) is 19.7. The quantitative estimate of drug-likeness (QED) is 0.466. The van der Waals surface area contributed by atoms with Crippen molar-refractivity contribution in [3.05, 3.63) is 35.9 Å². The number of rotatable bonds is 10. The van der Waals surface area contributed by atoms with Crippen LogP contribution in [-0.2, 0) is 20.8 Å². The molecule has 26 heavy (non-hydrogen) atoms. The molecule has 0 fully saturated rings. The van der Waals surface area contributed by atoms with Crippen LogP contribution in [0.4, 0.5) is 0 Å². The van der Waals surface area contributed by atoms with Gasteiger partial charge in [0.05, 0.1) is 12.3 Å². The molecule has 1 aromatic carbocycles. The van der Waals surface area contributed by atoms with Crippen LogP contribution in [0.25, 0.3) is 0 Å². The molecule has 144 valence electrons. The van der Waals surface area contributed by atoms with Crippen molar-refractivity contribution in [3.8, 4) is 0 Å². The van der Waals surface area contributed by atoms with Gasteiger partial charge in [0.15, 0.2) is 0 Å². The summed E-state index contributed by atoms with van der Waals surface area (Å²) < 4.78 is 0. The fourth-order valence-corrected chi connectivity index (χ4v) is 3.19. The van der Waals surface area contributed by atoms with Crippen LogP contribution in [0.1, 0.15) is 32.3 Å². The average molecular weight is 381 g/mol. The number of carbonyl (C=O) groups is 3. The number of carboxylic acid groups (broad SMARTS) is 1. The van der Waals surface area contributed by atoms with Gasteiger partial charge in [-0.15, -0.1) is 0 Å². The lowest BCUT2D eigenvalue weighted by Gasteiger charge is -2.26. The fraction of sp³-hybridized carbons (Fsp3) is 0.526. The van der Waals surface area contributed by atoms with E-state index in [9.17, 15) is 14.4 Å². The maximum absolute atomic E-state index is 12.8. The van der Waals surface area contributed by atoms with E-state index in [1.807, 2.05) is 44.2 Å². The number of amides is 2.